The van der Waals surface area contributed by atoms with Gasteiger partial charge in [-0.25, -0.2) is 4.98 Å². The molecule has 1 aromatic heterocycles. The van der Waals surface area contributed by atoms with Gasteiger partial charge in [-0.05, 0) is 12.0 Å². The molecule has 0 amide bonds. The third-order valence-corrected chi connectivity index (χ3v) is 2.99. The smallest absolute Gasteiger partial charge is 0.140 e. The van der Waals surface area contributed by atoms with Gasteiger partial charge in [0.2, 0.25) is 0 Å². The molecule has 1 heterocycles. The minimum Gasteiger partial charge on any atom is -0.315 e. The van der Waals surface area contributed by atoms with Gasteiger partial charge in [0, 0.05) is 13.0 Å². The van der Waals surface area contributed by atoms with Crippen molar-refractivity contribution in [3.63, 3.8) is 0 Å². The van der Waals surface area contributed by atoms with Gasteiger partial charge in [0.15, 0.2) is 0 Å². The number of imidazole rings is 1. The van der Waals surface area contributed by atoms with E-state index < -0.39 is 0 Å². The molecule has 3 heteroatoms. The Morgan fingerprint density at radius 3 is 2.72 bits per heavy atom. The van der Waals surface area contributed by atoms with Crippen molar-refractivity contribution in [3.05, 3.63) is 53.6 Å². The summed E-state index contributed by atoms with van der Waals surface area (Å²) in [5.74, 6) is 1.01. The molecule has 0 bridgehead atoms. The SMILES string of the molecule is CCCCc1ncc(C#N)n1Cc1ccccc1. The van der Waals surface area contributed by atoms with Crippen LogP contribution < -0.4 is 0 Å². The second kappa shape index (κ2) is 6.02. The molecule has 0 fully saturated rings. The number of nitrogens with zero attached hydrogens (tertiary/aromatic N) is 3. The minimum absolute atomic E-state index is 0.643. The fourth-order valence-corrected chi connectivity index (χ4v) is 1.98. The number of nitriles is 1. The third-order valence-electron chi connectivity index (χ3n) is 2.99. The van der Waals surface area contributed by atoms with Crippen LogP contribution in [0.25, 0.3) is 0 Å². The highest BCUT2D eigenvalue weighted by Crippen LogP contribution is 2.11. The number of rotatable bonds is 5. The molecule has 0 aliphatic rings. The normalized spacial score (nSPS) is 10.2. The maximum Gasteiger partial charge on any atom is 0.140 e. The summed E-state index contributed by atoms with van der Waals surface area (Å²) in [4.78, 5) is 4.36. The van der Waals surface area contributed by atoms with Crippen molar-refractivity contribution in [2.24, 2.45) is 0 Å². The molecular weight excluding hydrogens is 222 g/mol. The molecule has 0 spiro atoms. The van der Waals surface area contributed by atoms with Crippen molar-refractivity contribution in [2.45, 2.75) is 32.7 Å². The summed E-state index contributed by atoms with van der Waals surface area (Å²) in [6, 6.07) is 12.4. The van der Waals surface area contributed by atoms with Crippen molar-refractivity contribution >= 4 is 0 Å². The van der Waals surface area contributed by atoms with Crippen molar-refractivity contribution in [1.29, 1.82) is 5.26 Å². The van der Waals surface area contributed by atoms with Gasteiger partial charge in [0.25, 0.3) is 0 Å². The second-order valence-corrected chi connectivity index (χ2v) is 4.35. The molecule has 1 aromatic carbocycles. The molecule has 2 rings (SSSR count). The van der Waals surface area contributed by atoms with Gasteiger partial charge in [-0.2, -0.15) is 5.26 Å². The van der Waals surface area contributed by atoms with Crippen LogP contribution in [0.15, 0.2) is 36.5 Å². The Balaban J connectivity index is 2.25. The first-order chi connectivity index (χ1) is 8.85. The summed E-state index contributed by atoms with van der Waals surface area (Å²) in [6.45, 7) is 2.89. The Kier molecular flexibility index (Phi) is 4.14. The standard InChI is InChI=1S/C15H17N3/c1-2-3-9-15-17-11-14(10-16)18(15)12-13-7-5-4-6-8-13/h4-8,11H,2-3,9,12H2,1H3. The average Bonchev–Trinajstić information content (AvgIpc) is 2.80. The number of aryl methyl sites for hydroxylation is 1. The molecule has 18 heavy (non-hydrogen) atoms. The first kappa shape index (κ1) is 12.4. The topological polar surface area (TPSA) is 41.6 Å². The summed E-state index contributed by atoms with van der Waals surface area (Å²) in [5.41, 5.74) is 1.84. The lowest BCUT2D eigenvalue weighted by Crippen LogP contribution is -2.07. The van der Waals surface area contributed by atoms with Crippen molar-refractivity contribution < 1.29 is 0 Å². The maximum atomic E-state index is 9.12. The van der Waals surface area contributed by atoms with Crippen LogP contribution >= 0.6 is 0 Å². The Bertz CT molecular complexity index is 535. The largest absolute Gasteiger partial charge is 0.315 e. The van der Waals surface area contributed by atoms with Crippen LogP contribution in [0.2, 0.25) is 0 Å². The van der Waals surface area contributed by atoms with E-state index in [4.69, 9.17) is 5.26 Å². The fraction of sp³-hybridized carbons (Fsp3) is 0.333. The van der Waals surface area contributed by atoms with Crippen LogP contribution in [-0.2, 0) is 13.0 Å². The molecule has 0 saturated heterocycles. The lowest BCUT2D eigenvalue weighted by Gasteiger charge is -2.08. The number of hydrogen-bond acceptors (Lipinski definition) is 2. The van der Waals surface area contributed by atoms with E-state index in [0.717, 1.165) is 31.6 Å². The zero-order valence-corrected chi connectivity index (χ0v) is 10.6. The summed E-state index contributed by atoms with van der Waals surface area (Å²) >= 11 is 0. The summed E-state index contributed by atoms with van der Waals surface area (Å²) in [6.07, 6.45) is 4.86. The third kappa shape index (κ3) is 2.78. The Labute approximate surface area is 108 Å². The zero-order valence-electron chi connectivity index (χ0n) is 10.6. The van der Waals surface area contributed by atoms with Crippen LogP contribution in [0.3, 0.4) is 0 Å². The number of benzene rings is 1. The first-order valence-corrected chi connectivity index (χ1v) is 6.33. The molecule has 0 unspecified atom stereocenters. The molecule has 0 saturated carbocycles. The molecule has 3 nitrogen and oxygen atoms in total. The van der Waals surface area contributed by atoms with Gasteiger partial charge >= 0.3 is 0 Å². The van der Waals surface area contributed by atoms with Gasteiger partial charge in [0.05, 0.1) is 6.20 Å². The van der Waals surface area contributed by atoms with E-state index in [1.165, 1.54) is 5.56 Å². The lowest BCUT2D eigenvalue weighted by atomic mass is 10.2. The number of aromatic nitrogens is 2. The van der Waals surface area contributed by atoms with Crippen LogP contribution in [-0.4, -0.2) is 9.55 Å². The summed E-state index contributed by atoms with van der Waals surface area (Å²) in [7, 11) is 0. The number of hydrogen-bond donors (Lipinski definition) is 0. The van der Waals surface area contributed by atoms with Crippen molar-refractivity contribution in [2.75, 3.05) is 0 Å². The van der Waals surface area contributed by atoms with Crippen LogP contribution in [0.1, 0.15) is 36.8 Å². The van der Waals surface area contributed by atoms with E-state index in [0.29, 0.717) is 5.69 Å². The Morgan fingerprint density at radius 1 is 1.28 bits per heavy atom. The predicted molar refractivity (Wildman–Crippen MR) is 71.1 cm³/mol. The Hall–Kier alpha value is -2.08. The fourth-order valence-electron chi connectivity index (χ4n) is 1.98. The first-order valence-electron chi connectivity index (χ1n) is 6.33. The highest BCUT2D eigenvalue weighted by molar-refractivity contribution is 5.24. The van der Waals surface area contributed by atoms with Crippen molar-refractivity contribution in [3.8, 4) is 6.07 Å². The number of unbranched alkanes of at least 4 members (excludes halogenated alkanes) is 1. The second-order valence-electron chi connectivity index (χ2n) is 4.35. The molecule has 0 aliphatic carbocycles. The van der Waals surface area contributed by atoms with Crippen molar-refractivity contribution in [1.82, 2.24) is 9.55 Å². The molecule has 92 valence electrons. The van der Waals surface area contributed by atoms with E-state index in [9.17, 15) is 0 Å². The zero-order chi connectivity index (χ0) is 12.8. The van der Waals surface area contributed by atoms with E-state index in [2.05, 4.69) is 30.1 Å². The maximum absolute atomic E-state index is 9.12. The van der Waals surface area contributed by atoms with E-state index >= 15 is 0 Å². The molecule has 0 aliphatic heterocycles. The molecule has 0 radical (unpaired) electrons. The van der Waals surface area contributed by atoms with E-state index in [1.54, 1.807) is 6.20 Å². The predicted octanol–water partition coefficient (Wildman–Crippen LogP) is 3.15. The molecule has 0 N–H and O–H groups in total. The van der Waals surface area contributed by atoms with Crippen LogP contribution in [0, 0.1) is 11.3 Å². The lowest BCUT2D eigenvalue weighted by molar-refractivity contribution is 0.673. The van der Waals surface area contributed by atoms with Gasteiger partial charge in [-0.1, -0.05) is 43.7 Å². The van der Waals surface area contributed by atoms with E-state index in [-0.39, 0.29) is 0 Å². The summed E-state index contributed by atoms with van der Waals surface area (Å²) in [5, 5.41) is 9.12. The average molecular weight is 239 g/mol. The summed E-state index contributed by atoms with van der Waals surface area (Å²) < 4.78 is 2.02. The van der Waals surface area contributed by atoms with Gasteiger partial charge in [0.1, 0.15) is 17.6 Å². The minimum atomic E-state index is 0.643. The highest BCUT2D eigenvalue weighted by atomic mass is 15.1. The monoisotopic (exact) mass is 239 g/mol. The molecule has 0 atom stereocenters. The van der Waals surface area contributed by atoms with Crippen LogP contribution in [0.5, 0.6) is 0 Å². The molecule has 2 aromatic rings. The Morgan fingerprint density at radius 2 is 2.06 bits per heavy atom. The van der Waals surface area contributed by atoms with Crippen LogP contribution in [0.4, 0.5) is 0 Å². The van der Waals surface area contributed by atoms with Gasteiger partial charge in [-0.3, -0.25) is 0 Å². The quantitative estimate of drug-likeness (QED) is 0.804. The van der Waals surface area contributed by atoms with Gasteiger partial charge < -0.3 is 4.57 Å². The van der Waals surface area contributed by atoms with E-state index in [1.807, 2.05) is 22.8 Å². The molecular formula is C15H17N3. The van der Waals surface area contributed by atoms with Gasteiger partial charge in [-0.15, -0.1) is 0 Å². The highest BCUT2D eigenvalue weighted by Gasteiger charge is 2.09.